The smallest absolute Gasteiger partial charge is 0.330 e. The summed E-state index contributed by atoms with van der Waals surface area (Å²) in [5.74, 6) is -0.280. The SMILES string of the molecule is COC(=O)[C@H](C)n1cc(C)cn1. The van der Waals surface area contributed by atoms with Crippen LogP contribution in [-0.2, 0) is 9.53 Å². The number of esters is 1. The summed E-state index contributed by atoms with van der Waals surface area (Å²) in [4.78, 5) is 11.0. The number of hydrogen-bond donors (Lipinski definition) is 0. The fraction of sp³-hybridized carbons (Fsp3) is 0.500. The van der Waals surface area contributed by atoms with Crippen LogP contribution in [0.3, 0.4) is 0 Å². The predicted molar refractivity (Wildman–Crippen MR) is 43.7 cm³/mol. The molecular weight excluding hydrogens is 156 g/mol. The van der Waals surface area contributed by atoms with E-state index >= 15 is 0 Å². The van der Waals surface area contributed by atoms with Crippen LogP contribution in [0.2, 0.25) is 0 Å². The van der Waals surface area contributed by atoms with Gasteiger partial charge in [0, 0.05) is 6.20 Å². The van der Waals surface area contributed by atoms with Crippen molar-refractivity contribution in [1.82, 2.24) is 9.78 Å². The minimum atomic E-state index is -0.344. The van der Waals surface area contributed by atoms with E-state index in [1.807, 2.05) is 13.1 Å². The Hall–Kier alpha value is -1.32. The molecule has 0 bridgehead atoms. The highest BCUT2D eigenvalue weighted by Crippen LogP contribution is 2.06. The first-order valence-electron chi connectivity index (χ1n) is 3.73. The molecule has 0 aliphatic carbocycles. The molecule has 0 aromatic carbocycles. The van der Waals surface area contributed by atoms with Crippen LogP contribution in [0, 0.1) is 6.92 Å². The Labute approximate surface area is 71.1 Å². The number of hydrogen-bond acceptors (Lipinski definition) is 3. The summed E-state index contributed by atoms with van der Waals surface area (Å²) in [6.07, 6.45) is 3.51. The van der Waals surface area contributed by atoms with E-state index in [4.69, 9.17) is 0 Å². The van der Waals surface area contributed by atoms with Gasteiger partial charge in [-0.25, -0.2) is 4.79 Å². The third kappa shape index (κ3) is 1.64. The fourth-order valence-corrected chi connectivity index (χ4v) is 0.923. The average Bonchev–Trinajstić information content (AvgIpc) is 2.49. The summed E-state index contributed by atoms with van der Waals surface area (Å²) >= 11 is 0. The Bertz CT molecular complexity index is 280. The van der Waals surface area contributed by atoms with Crippen LogP contribution in [0.5, 0.6) is 0 Å². The lowest BCUT2D eigenvalue weighted by atomic mass is 10.3. The second-order valence-corrected chi connectivity index (χ2v) is 2.70. The standard InChI is InChI=1S/C8H12N2O2/c1-6-4-9-10(5-6)7(2)8(11)12-3/h4-5,7H,1-3H3/t7-/m0/s1. The number of rotatable bonds is 2. The van der Waals surface area contributed by atoms with Crippen molar-refractivity contribution in [1.29, 1.82) is 0 Å². The minimum Gasteiger partial charge on any atom is -0.467 e. The Balaban J connectivity index is 2.77. The van der Waals surface area contributed by atoms with Crippen LogP contribution in [0.1, 0.15) is 18.5 Å². The van der Waals surface area contributed by atoms with Gasteiger partial charge in [-0.15, -0.1) is 0 Å². The molecule has 0 aliphatic heterocycles. The Morgan fingerprint density at radius 3 is 2.83 bits per heavy atom. The van der Waals surface area contributed by atoms with Crippen LogP contribution in [-0.4, -0.2) is 22.9 Å². The molecule has 4 nitrogen and oxygen atoms in total. The van der Waals surface area contributed by atoms with Gasteiger partial charge in [0.2, 0.25) is 0 Å². The molecule has 0 N–H and O–H groups in total. The van der Waals surface area contributed by atoms with E-state index in [-0.39, 0.29) is 12.0 Å². The molecular formula is C8H12N2O2. The topological polar surface area (TPSA) is 44.1 Å². The molecule has 1 heterocycles. The van der Waals surface area contributed by atoms with Gasteiger partial charge in [-0.3, -0.25) is 4.68 Å². The first-order chi connectivity index (χ1) is 5.65. The van der Waals surface area contributed by atoms with E-state index in [9.17, 15) is 4.79 Å². The summed E-state index contributed by atoms with van der Waals surface area (Å²) in [7, 11) is 1.37. The zero-order chi connectivity index (χ0) is 9.14. The number of aromatic nitrogens is 2. The van der Waals surface area contributed by atoms with Gasteiger partial charge < -0.3 is 4.74 Å². The largest absolute Gasteiger partial charge is 0.467 e. The number of aryl methyl sites for hydroxylation is 1. The van der Waals surface area contributed by atoms with Gasteiger partial charge in [-0.2, -0.15) is 5.10 Å². The van der Waals surface area contributed by atoms with Crippen molar-refractivity contribution >= 4 is 5.97 Å². The lowest BCUT2D eigenvalue weighted by molar-refractivity contribution is -0.144. The molecule has 0 unspecified atom stereocenters. The summed E-state index contributed by atoms with van der Waals surface area (Å²) in [5, 5.41) is 4.00. The zero-order valence-electron chi connectivity index (χ0n) is 7.44. The molecule has 66 valence electrons. The third-order valence-electron chi connectivity index (χ3n) is 1.67. The van der Waals surface area contributed by atoms with E-state index in [0.29, 0.717) is 0 Å². The molecule has 12 heavy (non-hydrogen) atoms. The van der Waals surface area contributed by atoms with Gasteiger partial charge in [0.05, 0.1) is 13.3 Å². The summed E-state index contributed by atoms with van der Waals surface area (Å²) in [5.41, 5.74) is 1.03. The van der Waals surface area contributed by atoms with E-state index in [2.05, 4.69) is 9.84 Å². The Kier molecular flexibility index (Phi) is 2.47. The maximum atomic E-state index is 11.0. The first-order valence-corrected chi connectivity index (χ1v) is 3.73. The fourth-order valence-electron chi connectivity index (χ4n) is 0.923. The summed E-state index contributed by atoms with van der Waals surface area (Å²) in [6, 6.07) is -0.344. The number of carbonyl (C=O) groups is 1. The minimum absolute atomic E-state index is 0.280. The first kappa shape index (κ1) is 8.77. The maximum absolute atomic E-state index is 11.0. The van der Waals surface area contributed by atoms with Crippen molar-refractivity contribution in [2.75, 3.05) is 7.11 Å². The van der Waals surface area contributed by atoms with E-state index in [1.165, 1.54) is 7.11 Å². The normalized spacial score (nSPS) is 12.6. The van der Waals surface area contributed by atoms with Crippen molar-refractivity contribution in [3.05, 3.63) is 18.0 Å². The van der Waals surface area contributed by atoms with Crippen molar-refractivity contribution < 1.29 is 9.53 Å². The molecule has 0 amide bonds. The molecule has 0 saturated carbocycles. The van der Waals surface area contributed by atoms with E-state index in [0.717, 1.165) is 5.56 Å². The van der Waals surface area contributed by atoms with E-state index < -0.39 is 0 Å². The lowest BCUT2D eigenvalue weighted by Gasteiger charge is -2.08. The van der Waals surface area contributed by atoms with Crippen molar-refractivity contribution in [2.24, 2.45) is 0 Å². The molecule has 0 fully saturated rings. The number of ether oxygens (including phenoxy) is 1. The van der Waals surface area contributed by atoms with Crippen LogP contribution < -0.4 is 0 Å². The quantitative estimate of drug-likeness (QED) is 0.617. The molecule has 1 aromatic heterocycles. The van der Waals surface area contributed by atoms with E-state index in [1.54, 1.807) is 17.8 Å². The number of carbonyl (C=O) groups excluding carboxylic acids is 1. The van der Waals surface area contributed by atoms with Gasteiger partial charge in [0.1, 0.15) is 6.04 Å². The van der Waals surface area contributed by atoms with Gasteiger partial charge >= 0.3 is 5.97 Å². The highest BCUT2D eigenvalue weighted by Gasteiger charge is 2.14. The number of methoxy groups -OCH3 is 1. The third-order valence-corrected chi connectivity index (χ3v) is 1.67. The molecule has 0 aliphatic rings. The summed E-state index contributed by atoms with van der Waals surface area (Å²) < 4.78 is 6.16. The Morgan fingerprint density at radius 1 is 1.75 bits per heavy atom. The zero-order valence-corrected chi connectivity index (χ0v) is 7.44. The maximum Gasteiger partial charge on any atom is 0.330 e. The molecule has 4 heteroatoms. The second kappa shape index (κ2) is 3.38. The van der Waals surface area contributed by atoms with Gasteiger partial charge in [-0.1, -0.05) is 0 Å². The molecule has 0 radical (unpaired) electrons. The van der Waals surface area contributed by atoms with Crippen molar-refractivity contribution in [3.63, 3.8) is 0 Å². The van der Waals surface area contributed by atoms with Crippen LogP contribution >= 0.6 is 0 Å². The molecule has 1 rings (SSSR count). The Morgan fingerprint density at radius 2 is 2.42 bits per heavy atom. The van der Waals surface area contributed by atoms with Gasteiger partial charge in [-0.05, 0) is 19.4 Å². The molecule has 1 atom stereocenters. The highest BCUT2D eigenvalue weighted by atomic mass is 16.5. The number of nitrogens with zero attached hydrogens (tertiary/aromatic N) is 2. The summed E-state index contributed by atoms with van der Waals surface area (Å²) in [6.45, 7) is 3.67. The van der Waals surface area contributed by atoms with Crippen LogP contribution in [0.25, 0.3) is 0 Å². The monoisotopic (exact) mass is 168 g/mol. The molecule has 0 spiro atoms. The molecule has 1 aromatic rings. The predicted octanol–water partition coefficient (Wildman–Crippen LogP) is 0.926. The lowest BCUT2D eigenvalue weighted by Crippen LogP contribution is -2.17. The van der Waals surface area contributed by atoms with Crippen LogP contribution in [0.15, 0.2) is 12.4 Å². The highest BCUT2D eigenvalue weighted by molar-refractivity contribution is 5.73. The van der Waals surface area contributed by atoms with Crippen molar-refractivity contribution in [3.8, 4) is 0 Å². The van der Waals surface area contributed by atoms with Gasteiger partial charge in [0.25, 0.3) is 0 Å². The van der Waals surface area contributed by atoms with Crippen LogP contribution in [0.4, 0.5) is 0 Å². The molecule has 0 saturated heterocycles. The van der Waals surface area contributed by atoms with Crippen molar-refractivity contribution in [2.45, 2.75) is 19.9 Å². The second-order valence-electron chi connectivity index (χ2n) is 2.70. The average molecular weight is 168 g/mol. The van der Waals surface area contributed by atoms with Gasteiger partial charge in [0.15, 0.2) is 0 Å².